The summed E-state index contributed by atoms with van der Waals surface area (Å²) in [5.74, 6) is -1.19. The van der Waals surface area contributed by atoms with Crippen LogP contribution in [0.25, 0.3) is 38.6 Å². The number of halogens is 1. The first-order valence-electron chi connectivity index (χ1n) is 16.3. The lowest BCUT2D eigenvalue weighted by Crippen LogP contribution is -2.65. The molecule has 0 spiro atoms. The Morgan fingerprint density at radius 3 is 2.48 bits per heavy atom. The first kappa shape index (κ1) is 29.7. The van der Waals surface area contributed by atoms with Crippen LogP contribution in [0.3, 0.4) is 0 Å². The van der Waals surface area contributed by atoms with Crippen LogP contribution in [0.1, 0.15) is 44.9 Å². The van der Waals surface area contributed by atoms with E-state index in [2.05, 4.69) is 20.2 Å². The minimum absolute atomic E-state index is 0.0255. The molecule has 2 amide bonds. The number of piperazine rings is 1. The third-order valence-electron chi connectivity index (χ3n) is 9.92. The number of benzene rings is 3. The van der Waals surface area contributed by atoms with Crippen molar-refractivity contribution in [2.45, 2.75) is 31.3 Å². The van der Waals surface area contributed by atoms with Crippen LogP contribution in [0.4, 0.5) is 10.4 Å². The molecule has 4 aromatic heterocycles. The smallest absolute Gasteiger partial charge is 0.292 e. The molecule has 248 valence electrons. The van der Waals surface area contributed by atoms with Gasteiger partial charge in [-0.05, 0) is 72.0 Å². The van der Waals surface area contributed by atoms with Crippen molar-refractivity contribution in [2.75, 3.05) is 18.8 Å². The SMILES string of the molecule is Nc1nc2cc(-c3ccc4ncc(C(=O)N5CC6CCC5CN6C(=O)c5cc(Cc6n[nH]c(=O)c7ccccc67)ccc5F)n4c3)ccc2o1. The van der Waals surface area contributed by atoms with Gasteiger partial charge >= 0.3 is 0 Å². The molecule has 0 radical (unpaired) electrons. The Labute approximate surface area is 283 Å². The summed E-state index contributed by atoms with van der Waals surface area (Å²) in [5.41, 5.74) is 10.7. The van der Waals surface area contributed by atoms with Crippen molar-refractivity contribution in [1.82, 2.24) is 34.4 Å². The van der Waals surface area contributed by atoms with Crippen LogP contribution in [0.2, 0.25) is 0 Å². The lowest BCUT2D eigenvalue weighted by Gasteiger charge is -2.51. The summed E-state index contributed by atoms with van der Waals surface area (Å²) in [6.07, 6.45) is 5.20. The van der Waals surface area contributed by atoms with Gasteiger partial charge in [0.1, 0.15) is 22.7 Å². The van der Waals surface area contributed by atoms with E-state index in [0.717, 1.165) is 17.5 Å². The number of anilines is 1. The molecule has 3 aromatic carbocycles. The summed E-state index contributed by atoms with van der Waals surface area (Å²) in [4.78, 5) is 52.4. The minimum atomic E-state index is -0.611. The fourth-order valence-electron chi connectivity index (χ4n) is 7.41. The number of fused-ring (bicyclic) bond motifs is 6. The van der Waals surface area contributed by atoms with Crippen LogP contribution in [0.15, 0.2) is 94.4 Å². The number of pyridine rings is 1. The number of nitrogens with one attached hydrogen (secondary N) is 1. The molecule has 50 heavy (non-hydrogen) atoms. The van der Waals surface area contributed by atoms with Gasteiger partial charge in [-0.1, -0.05) is 30.3 Å². The zero-order valence-corrected chi connectivity index (χ0v) is 26.5. The van der Waals surface area contributed by atoms with Crippen molar-refractivity contribution >= 4 is 45.3 Å². The van der Waals surface area contributed by atoms with Crippen molar-refractivity contribution in [3.05, 3.63) is 124 Å². The molecule has 2 atom stereocenters. The molecule has 2 bridgehead atoms. The van der Waals surface area contributed by atoms with E-state index in [0.29, 0.717) is 70.4 Å². The molecule has 7 heterocycles. The maximum absolute atomic E-state index is 15.2. The second-order valence-corrected chi connectivity index (χ2v) is 12.9. The summed E-state index contributed by atoms with van der Waals surface area (Å²) in [6, 6.07) is 20.6. The van der Waals surface area contributed by atoms with Gasteiger partial charge in [0.05, 0.1) is 22.8 Å². The Hall–Kier alpha value is -6.37. The number of carbonyl (C=O) groups is 2. The van der Waals surface area contributed by atoms with Crippen LogP contribution in [-0.2, 0) is 6.42 Å². The number of carbonyl (C=O) groups excluding carboxylic acids is 2. The highest BCUT2D eigenvalue weighted by atomic mass is 19.1. The fourth-order valence-corrected chi connectivity index (χ4v) is 7.41. The van der Waals surface area contributed by atoms with E-state index in [-0.39, 0.29) is 35.1 Å². The standard InChI is InChI=1S/C37H29FN8O4/c38-28-10-5-20(14-29-25-3-1-2-4-26(25)34(47)43-42-29)13-27(28)35(48)44-18-24-9-8-23(44)19-45(24)36(49)31-16-40-33-12-7-22(17-46(31)33)21-6-11-32-30(15-21)41-37(39)50-32/h1-7,10-13,15-17,23-24H,8-9,14,18-19H2,(H2,39,41)(H,43,47). The van der Waals surface area contributed by atoms with Gasteiger partial charge in [0.25, 0.3) is 23.4 Å². The Balaban J connectivity index is 0.953. The Bertz CT molecular complexity index is 2570. The molecular weight excluding hydrogens is 639 g/mol. The van der Waals surface area contributed by atoms with Gasteiger partial charge in [0.15, 0.2) is 5.58 Å². The Morgan fingerprint density at radius 2 is 1.68 bits per heavy atom. The molecule has 7 aromatic rings. The van der Waals surface area contributed by atoms with Gasteiger partial charge in [0.2, 0.25) is 0 Å². The monoisotopic (exact) mass is 668 g/mol. The van der Waals surface area contributed by atoms with Gasteiger partial charge in [-0.2, -0.15) is 10.1 Å². The predicted octanol–water partition coefficient (Wildman–Crippen LogP) is 4.82. The van der Waals surface area contributed by atoms with E-state index >= 15 is 4.39 Å². The van der Waals surface area contributed by atoms with Gasteiger partial charge in [-0.25, -0.2) is 14.5 Å². The quantitative estimate of drug-likeness (QED) is 0.265. The second kappa shape index (κ2) is 11.4. The lowest BCUT2D eigenvalue weighted by atomic mass is 9.89. The van der Waals surface area contributed by atoms with Crippen LogP contribution in [0.5, 0.6) is 0 Å². The van der Waals surface area contributed by atoms with E-state index in [4.69, 9.17) is 10.2 Å². The number of hydrogen-bond donors (Lipinski definition) is 2. The average Bonchev–Trinajstić information content (AvgIpc) is 3.75. The predicted molar refractivity (Wildman–Crippen MR) is 183 cm³/mol. The number of amides is 2. The molecule has 10 rings (SSSR count). The Morgan fingerprint density at radius 1 is 0.920 bits per heavy atom. The van der Waals surface area contributed by atoms with Gasteiger partial charge in [-0.15, -0.1) is 0 Å². The highest BCUT2D eigenvalue weighted by Crippen LogP contribution is 2.33. The zero-order valence-electron chi connectivity index (χ0n) is 26.5. The molecule has 13 heteroatoms. The van der Waals surface area contributed by atoms with E-state index in [1.807, 2.05) is 53.6 Å². The van der Waals surface area contributed by atoms with Crippen LogP contribution < -0.4 is 11.3 Å². The number of oxazole rings is 1. The maximum atomic E-state index is 15.2. The molecule has 3 aliphatic heterocycles. The number of nitrogens with zero attached hydrogens (tertiary/aromatic N) is 6. The molecule has 3 fully saturated rings. The van der Waals surface area contributed by atoms with Crippen molar-refractivity contribution < 1.29 is 18.4 Å². The average molecular weight is 669 g/mol. The Kier molecular flexibility index (Phi) is 6.76. The van der Waals surface area contributed by atoms with E-state index < -0.39 is 11.7 Å². The van der Waals surface area contributed by atoms with Gasteiger partial charge < -0.3 is 20.0 Å². The summed E-state index contributed by atoms with van der Waals surface area (Å²) in [5, 5.41) is 7.98. The molecule has 3 aliphatic rings. The topological polar surface area (TPSA) is 156 Å². The summed E-state index contributed by atoms with van der Waals surface area (Å²) in [7, 11) is 0. The third-order valence-corrected chi connectivity index (χ3v) is 9.92. The molecule has 3 saturated heterocycles. The van der Waals surface area contributed by atoms with Crippen LogP contribution >= 0.6 is 0 Å². The van der Waals surface area contributed by atoms with Gasteiger partial charge in [-0.3, -0.25) is 18.8 Å². The largest absolute Gasteiger partial charge is 0.424 e. The number of rotatable bonds is 5. The highest BCUT2D eigenvalue weighted by molar-refractivity contribution is 5.97. The second-order valence-electron chi connectivity index (χ2n) is 12.9. The van der Waals surface area contributed by atoms with E-state index in [1.165, 1.54) is 6.07 Å². The van der Waals surface area contributed by atoms with Gasteiger partial charge in [0, 0.05) is 43.2 Å². The van der Waals surface area contributed by atoms with Crippen LogP contribution in [-0.4, -0.2) is 71.4 Å². The molecule has 12 nitrogen and oxygen atoms in total. The molecule has 2 unspecified atom stereocenters. The fraction of sp³-hybridized carbons (Fsp3) is 0.189. The molecule has 3 N–H and O–H groups in total. The molecule has 0 saturated carbocycles. The third kappa shape index (κ3) is 4.88. The number of nitrogens with two attached hydrogens (primary N) is 1. The molecular formula is C37H29FN8O4. The van der Waals surface area contributed by atoms with Crippen molar-refractivity contribution in [1.29, 1.82) is 0 Å². The first-order chi connectivity index (χ1) is 24.3. The maximum Gasteiger partial charge on any atom is 0.292 e. The number of hydrogen-bond acceptors (Lipinski definition) is 8. The van der Waals surface area contributed by atoms with Crippen molar-refractivity contribution in [3.8, 4) is 11.1 Å². The number of nitrogen functional groups attached to an aromatic ring is 1. The summed E-state index contributed by atoms with van der Waals surface area (Å²) >= 11 is 0. The normalized spacial score (nSPS) is 17.3. The number of H-pyrrole nitrogens is 1. The summed E-state index contributed by atoms with van der Waals surface area (Å²) in [6.45, 7) is 0.634. The molecule has 0 aliphatic carbocycles. The van der Waals surface area contributed by atoms with Crippen molar-refractivity contribution in [2.24, 2.45) is 0 Å². The minimum Gasteiger partial charge on any atom is -0.424 e. The summed E-state index contributed by atoms with van der Waals surface area (Å²) < 4.78 is 22.4. The highest BCUT2D eigenvalue weighted by Gasteiger charge is 2.44. The lowest BCUT2D eigenvalue weighted by molar-refractivity contribution is -0.00660. The first-order valence-corrected chi connectivity index (χ1v) is 16.3. The zero-order chi connectivity index (χ0) is 34.1. The number of aromatic nitrogens is 5. The number of aromatic amines is 1. The van der Waals surface area contributed by atoms with E-state index in [9.17, 15) is 14.4 Å². The van der Waals surface area contributed by atoms with Crippen LogP contribution in [0, 0.1) is 5.82 Å². The van der Waals surface area contributed by atoms with E-state index in [1.54, 1.807) is 39.8 Å². The number of imidazole rings is 1. The number of piperidine rings is 2. The van der Waals surface area contributed by atoms with Crippen molar-refractivity contribution in [3.63, 3.8) is 0 Å².